The van der Waals surface area contributed by atoms with E-state index in [1.54, 1.807) is 0 Å². The van der Waals surface area contributed by atoms with E-state index in [0.717, 1.165) is 43.9 Å². The van der Waals surface area contributed by atoms with E-state index in [0.29, 0.717) is 5.92 Å². The lowest BCUT2D eigenvalue weighted by atomic mass is 9.96. The summed E-state index contributed by atoms with van der Waals surface area (Å²) in [5, 5.41) is 13.1. The van der Waals surface area contributed by atoms with Gasteiger partial charge in [-0.2, -0.15) is 0 Å². The van der Waals surface area contributed by atoms with Gasteiger partial charge in [0.05, 0.1) is 29.9 Å². The summed E-state index contributed by atoms with van der Waals surface area (Å²) in [5.74, 6) is 0.325. The molecule has 0 bridgehead atoms. The van der Waals surface area contributed by atoms with Crippen molar-refractivity contribution in [3.05, 3.63) is 18.5 Å². The molecular formula is C14H23N3O. The molecule has 1 aromatic rings. The molecule has 2 N–H and O–H groups in total. The molecule has 0 radical (unpaired) electrons. The number of aromatic nitrogens is 1. The second-order valence-electron chi connectivity index (χ2n) is 5.14. The Bertz CT molecular complexity index is 383. The van der Waals surface area contributed by atoms with Gasteiger partial charge in [0.2, 0.25) is 0 Å². The number of nitrogens with zero attached hydrogens (tertiary/aromatic N) is 2. The van der Waals surface area contributed by atoms with Crippen LogP contribution in [-0.4, -0.2) is 35.8 Å². The van der Waals surface area contributed by atoms with Gasteiger partial charge in [-0.1, -0.05) is 13.8 Å². The minimum atomic E-state index is -0.157. The number of rotatable bonds is 4. The first-order valence-electron chi connectivity index (χ1n) is 6.82. The van der Waals surface area contributed by atoms with E-state index < -0.39 is 0 Å². The number of anilines is 2. The first-order valence-corrected chi connectivity index (χ1v) is 6.82. The normalized spacial score (nSPS) is 24.1. The van der Waals surface area contributed by atoms with Gasteiger partial charge in [-0.05, 0) is 24.8 Å². The number of nitrogens with one attached hydrogen (secondary N) is 1. The minimum Gasteiger partial charge on any atom is -0.393 e. The highest BCUT2D eigenvalue weighted by Gasteiger charge is 2.24. The van der Waals surface area contributed by atoms with Crippen LogP contribution >= 0.6 is 0 Å². The molecule has 4 heteroatoms. The van der Waals surface area contributed by atoms with Crippen LogP contribution in [-0.2, 0) is 0 Å². The van der Waals surface area contributed by atoms with Crippen LogP contribution in [0.3, 0.4) is 0 Å². The lowest BCUT2D eigenvalue weighted by molar-refractivity contribution is 0.0971. The van der Waals surface area contributed by atoms with Crippen molar-refractivity contribution in [3.63, 3.8) is 0 Å². The van der Waals surface area contributed by atoms with Crippen LogP contribution < -0.4 is 10.2 Å². The van der Waals surface area contributed by atoms with Gasteiger partial charge in [0.1, 0.15) is 0 Å². The summed E-state index contributed by atoms with van der Waals surface area (Å²) in [4.78, 5) is 6.60. The van der Waals surface area contributed by atoms with E-state index in [1.807, 2.05) is 12.4 Å². The maximum absolute atomic E-state index is 9.76. The first kappa shape index (κ1) is 13.1. The third-order valence-corrected chi connectivity index (χ3v) is 3.53. The number of hydrogen-bond donors (Lipinski definition) is 2. The van der Waals surface area contributed by atoms with Gasteiger partial charge < -0.3 is 15.3 Å². The Morgan fingerprint density at radius 3 is 3.06 bits per heavy atom. The minimum absolute atomic E-state index is 0.157. The second kappa shape index (κ2) is 6.05. The lowest BCUT2D eigenvalue weighted by Gasteiger charge is -2.35. The summed E-state index contributed by atoms with van der Waals surface area (Å²) < 4.78 is 0. The van der Waals surface area contributed by atoms with Gasteiger partial charge in [0, 0.05) is 19.6 Å². The van der Waals surface area contributed by atoms with Crippen LogP contribution in [0.25, 0.3) is 0 Å². The SMILES string of the molecule is CCCNc1cncc(N2CCC(O)C(C)C2)c1. The molecule has 0 amide bonds. The highest BCUT2D eigenvalue weighted by atomic mass is 16.3. The Balaban J connectivity index is 2.04. The van der Waals surface area contributed by atoms with Crippen LogP contribution in [0.1, 0.15) is 26.7 Å². The van der Waals surface area contributed by atoms with Crippen LogP contribution in [0.15, 0.2) is 18.5 Å². The summed E-state index contributed by atoms with van der Waals surface area (Å²) in [6, 6.07) is 2.15. The van der Waals surface area contributed by atoms with E-state index in [2.05, 4.69) is 35.1 Å². The maximum atomic E-state index is 9.76. The molecule has 1 aliphatic rings. The predicted molar refractivity (Wildman–Crippen MR) is 75.0 cm³/mol. The number of hydrogen-bond acceptors (Lipinski definition) is 4. The zero-order chi connectivity index (χ0) is 13.0. The quantitative estimate of drug-likeness (QED) is 0.858. The van der Waals surface area contributed by atoms with E-state index in [9.17, 15) is 5.11 Å². The van der Waals surface area contributed by atoms with E-state index in [-0.39, 0.29) is 6.10 Å². The van der Waals surface area contributed by atoms with Gasteiger partial charge in [-0.3, -0.25) is 4.98 Å². The Morgan fingerprint density at radius 1 is 1.50 bits per heavy atom. The molecule has 2 heterocycles. The second-order valence-corrected chi connectivity index (χ2v) is 5.14. The van der Waals surface area contributed by atoms with Crippen molar-refractivity contribution in [3.8, 4) is 0 Å². The molecule has 1 saturated heterocycles. The highest BCUT2D eigenvalue weighted by molar-refractivity contribution is 5.55. The fraction of sp³-hybridized carbons (Fsp3) is 0.643. The van der Waals surface area contributed by atoms with Crippen LogP contribution in [0, 0.1) is 5.92 Å². The molecule has 4 nitrogen and oxygen atoms in total. The van der Waals surface area contributed by atoms with Gasteiger partial charge >= 0.3 is 0 Å². The molecule has 1 aromatic heterocycles. The van der Waals surface area contributed by atoms with Gasteiger partial charge in [0.15, 0.2) is 0 Å². The van der Waals surface area contributed by atoms with E-state index >= 15 is 0 Å². The Hall–Kier alpha value is -1.29. The van der Waals surface area contributed by atoms with Crippen LogP contribution in [0.5, 0.6) is 0 Å². The molecule has 1 aliphatic heterocycles. The molecule has 18 heavy (non-hydrogen) atoms. The van der Waals surface area contributed by atoms with Gasteiger partial charge in [0.25, 0.3) is 0 Å². The zero-order valence-corrected chi connectivity index (χ0v) is 11.3. The summed E-state index contributed by atoms with van der Waals surface area (Å²) in [7, 11) is 0. The third-order valence-electron chi connectivity index (χ3n) is 3.53. The number of pyridine rings is 1. The highest BCUT2D eigenvalue weighted by Crippen LogP contribution is 2.24. The summed E-state index contributed by atoms with van der Waals surface area (Å²) >= 11 is 0. The van der Waals surface area contributed by atoms with Crippen molar-refractivity contribution >= 4 is 11.4 Å². The van der Waals surface area contributed by atoms with E-state index in [1.165, 1.54) is 0 Å². The Kier molecular flexibility index (Phi) is 4.42. The van der Waals surface area contributed by atoms with Crippen molar-refractivity contribution < 1.29 is 5.11 Å². The third kappa shape index (κ3) is 3.13. The Labute approximate surface area is 109 Å². The number of aliphatic hydroxyl groups excluding tert-OH is 1. The average Bonchev–Trinajstić information content (AvgIpc) is 2.40. The van der Waals surface area contributed by atoms with Crippen molar-refractivity contribution in [1.82, 2.24) is 4.98 Å². The molecule has 2 atom stereocenters. The molecule has 0 spiro atoms. The average molecular weight is 249 g/mol. The predicted octanol–water partition coefficient (Wildman–Crippen LogP) is 2.11. The summed E-state index contributed by atoms with van der Waals surface area (Å²) in [6.45, 7) is 7.03. The molecule has 1 fully saturated rings. The van der Waals surface area contributed by atoms with Crippen LogP contribution in [0.2, 0.25) is 0 Å². The van der Waals surface area contributed by atoms with Gasteiger partial charge in [-0.15, -0.1) is 0 Å². The largest absolute Gasteiger partial charge is 0.393 e. The molecule has 100 valence electrons. The molecule has 0 aliphatic carbocycles. The fourth-order valence-corrected chi connectivity index (χ4v) is 2.33. The fourth-order valence-electron chi connectivity index (χ4n) is 2.33. The standard InChI is InChI=1S/C14H23N3O/c1-3-5-16-12-7-13(9-15-8-12)17-6-4-14(18)11(2)10-17/h7-9,11,14,16,18H,3-6,10H2,1-2H3. The number of piperidine rings is 1. The Morgan fingerprint density at radius 2 is 2.33 bits per heavy atom. The topological polar surface area (TPSA) is 48.4 Å². The smallest absolute Gasteiger partial charge is 0.0599 e. The summed E-state index contributed by atoms with van der Waals surface area (Å²) in [6.07, 6.45) is 5.56. The van der Waals surface area contributed by atoms with Gasteiger partial charge in [-0.25, -0.2) is 0 Å². The molecule has 0 saturated carbocycles. The van der Waals surface area contributed by atoms with Crippen molar-refractivity contribution in [2.75, 3.05) is 29.9 Å². The van der Waals surface area contributed by atoms with Crippen molar-refractivity contribution in [2.45, 2.75) is 32.8 Å². The van der Waals surface area contributed by atoms with Crippen molar-refractivity contribution in [1.29, 1.82) is 0 Å². The zero-order valence-electron chi connectivity index (χ0n) is 11.3. The van der Waals surface area contributed by atoms with E-state index in [4.69, 9.17) is 0 Å². The molecule has 0 aromatic carbocycles. The van der Waals surface area contributed by atoms with Crippen molar-refractivity contribution in [2.24, 2.45) is 5.92 Å². The summed E-state index contributed by atoms with van der Waals surface area (Å²) in [5.41, 5.74) is 2.22. The lowest BCUT2D eigenvalue weighted by Crippen LogP contribution is -2.42. The molecule has 2 unspecified atom stereocenters. The molecular weight excluding hydrogens is 226 g/mol. The maximum Gasteiger partial charge on any atom is 0.0599 e. The van der Waals surface area contributed by atoms with Crippen LogP contribution in [0.4, 0.5) is 11.4 Å². The monoisotopic (exact) mass is 249 g/mol. The first-order chi connectivity index (χ1) is 8.70. The molecule has 2 rings (SSSR count). The number of aliphatic hydroxyl groups is 1.